The molecule has 2 saturated heterocycles. The summed E-state index contributed by atoms with van der Waals surface area (Å²) in [4.78, 5) is 15.9. The molecule has 32 heavy (non-hydrogen) atoms. The van der Waals surface area contributed by atoms with Crippen molar-refractivity contribution < 1.29 is 9.53 Å². The molecule has 5 heteroatoms. The molecule has 2 heterocycles. The summed E-state index contributed by atoms with van der Waals surface area (Å²) >= 11 is 0. The minimum Gasteiger partial charge on any atom is -0.495 e. The normalized spacial score (nSPS) is 22.7. The summed E-state index contributed by atoms with van der Waals surface area (Å²) in [5, 5.41) is 5.40. The quantitative estimate of drug-likeness (QED) is 0.551. The summed E-state index contributed by atoms with van der Waals surface area (Å²) in [5.74, 6) is 0.638. The minimum atomic E-state index is -0.0258. The van der Waals surface area contributed by atoms with Crippen LogP contribution in [-0.4, -0.2) is 36.0 Å². The number of carbonyl (C=O) groups excluding carboxylic acids is 1. The average Bonchev–Trinajstić information content (AvgIpc) is 2.79. The summed E-state index contributed by atoms with van der Waals surface area (Å²) in [7, 11) is 1.64. The number of ether oxygens (including phenoxy) is 1. The van der Waals surface area contributed by atoms with Crippen LogP contribution in [0.15, 0.2) is 66.7 Å². The molecule has 2 aliphatic heterocycles. The van der Waals surface area contributed by atoms with Gasteiger partial charge in [0.05, 0.1) is 12.7 Å². The number of benzene rings is 3. The van der Waals surface area contributed by atoms with E-state index in [9.17, 15) is 4.79 Å². The molecule has 168 valence electrons. The highest BCUT2D eigenvalue weighted by atomic mass is 35.5. The molecule has 1 N–H and O–H groups in total. The van der Waals surface area contributed by atoms with Gasteiger partial charge in [-0.05, 0) is 42.7 Å². The van der Waals surface area contributed by atoms with Crippen molar-refractivity contribution in [1.82, 2.24) is 10.2 Å². The minimum absolute atomic E-state index is 0. The van der Waals surface area contributed by atoms with E-state index in [1.165, 1.54) is 24.8 Å². The fourth-order valence-corrected chi connectivity index (χ4v) is 5.55. The Morgan fingerprint density at radius 2 is 1.66 bits per heavy atom. The number of halogens is 1. The Hall–Kier alpha value is -2.56. The smallest absolute Gasteiger partial charge is 0.255 e. The topological polar surface area (TPSA) is 41.6 Å². The summed E-state index contributed by atoms with van der Waals surface area (Å²) in [6.45, 7) is 1.01. The van der Waals surface area contributed by atoms with E-state index in [2.05, 4.69) is 40.5 Å². The highest BCUT2D eigenvalue weighted by Gasteiger charge is 2.38. The van der Waals surface area contributed by atoms with E-state index in [4.69, 9.17) is 4.74 Å². The van der Waals surface area contributed by atoms with Crippen molar-refractivity contribution in [2.45, 2.75) is 56.8 Å². The van der Waals surface area contributed by atoms with Crippen molar-refractivity contribution in [3.8, 4) is 5.75 Å². The van der Waals surface area contributed by atoms with Crippen LogP contribution >= 0.6 is 12.4 Å². The van der Waals surface area contributed by atoms with Crippen molar-refractivity contribution in [2.75, 3.05) is 7.11 Å². The number of methoxy groups -OCH3 is 1. The van der Waals surface area contributed by atoms with Crippen molar-refractivity contribution in [2.24, 2.45) is 0 Å². The van der Waals surface area contributed by atoms with E-state index in [1.807, 2.05) is 36.4 Å². The number of piperidine rings is 2. The van der Waals surface area contributed by atoms with E-state index < -0.39 is 0 Å². The summed E-state index contributed by atoms with van der Waals surface area (Å²) in [6, 6.07) is 24.0. The molecular weight excluding hydrogens is 420 g/mol. The maximum atomic E-state index is 13.2. The van der Waals surface area contributed by atoms with Crippen LogP contribution in [-0.2, 0) is 6.54 Å². The van der Waals surface area contributed by atoms with Gasteiger partial charge >= 0.3 is 0 Å². The Balaban J connectivity index is 0.00000245. The second-order valence-electron chi connectivity index (χ2n) is 8.91. The van der Waals surface area contributed by atoms with E-state index >= 15 is 0 Å². The number of nitrogens with zero attached hydrogens (tertiary/aromatic N) is 1. The van der Waals surface area contributed by atoms with Crippen LogP contribution in [0, 0.1) is 0 Å². The largest absolute Gasteiger partial charge is 0.495 e. The highest BCUT2D eigenvalue weighted by Crippen LogP contribution is 2.36. The lowest BCUT2D eigenvalue weighted by Crippen LogP contribution is -2.56. The number of fused-ring (bicyclic) bond motifs is 3. The molecule has 5 rings (SSSR count). The van der Waals surface area contributed by atoms with Gasteiger partial charge in [0.1, 0.15) is 5.75 Å². The molecule has 0 aromatic heterocycles. The standard InChI is InChI=1S/C27H30N2O2.ClH/c1-31-26-24-13-6-5-10-20(24)14-15-25(26)27(30)28-21-16-22-11-7-12-23(17-21)29(22)18-19-8-3-2-4-9-19;/h2-6,8-10,13-15,21-23H,7,11-12,16-18H2,1H3,(H,28,30);1H. The van der Waals surface area contributed by atoms with Gasteiger partial charge in [0.2, 0.25) is 0 Å². The molecule has 2 bridgehead atoms. The van der Waals surface area contributed by atoms with Crippen molar-refractivity contribution >= 4 is 29.1 Å². The Kier molecular flexibility index (Phi) is 7.02. The molecule has 0 radical (unpaired) electrons. The Bertz CT molecular complexity index is 1060. The maximum Gasteiger partial charge on any atom is 0.255 e. The third kappa shape index (κ3) is 4.48. The van der Waals surface area contributed by atoms with Gasteiger partial charge < -0.3 is 10.1 Å². The third-order valence-electron chi connectivity index (χ3n) is 7.00. The van der Waals surface area contributed by atoms with Gasteiger partial charge in [0.25, 0.3) is 5.91 Å². The van der Waals surface area contributed by atoms with Crippen molar-refractivity contribution in [1.29, 1.82) is 0 Å². The first-order chi connectivity index (χ1) is 15.2. The van der Waals surface area contributed by atoms with Gasteiger partial charge in [-0.2, -0.15) is 0 Å². The highest BCUT2D eigenvalue weighted by molar-refractivity contribution is 6.03. The van der Waals surface area contributed by atoms with Gasteiger partial charge in [-0.3, -0.25) is 9.69 Å². The molecule has 2 atom stereocenters. The van der Waals surface area contributed by atoms with Gasteiger partial charge in [-0.15, -0.1) is 12.4 Å². The van der Waals surface area contributed by atoms with E-state index in [1.54, 1.807) is 7.11 Å². The van der Waals surface area contributed by atoms with Crippen molar-refractivity contribution in [3.05, 3.63) is 77.9 Å². The zero-order valence-electron chi connectivity index (χ0n) is 18.5. The second-order valence-corrected chi connectivity index (χ2v) is 8.91. The van der Waals surface area contributed by atoms with Crippen LogP contribution in [0.2, 0.25) is 0 Å². The zero-order chi connectivity index (χ0) is 21.2. The van der Waals surface area contributed by atoms with Gasteiger partial charge in [0.15, 0.2) is 0 Å². The first-order valence-electron chi connectivity index (χ1n) is 11.4. The number of hydrogen-bond donors (Lipinski definition) is 1. The van der Waals surface area contributed by atoms with Gasteiger partial charge in [-0.1, -0.05) is 67.1 Å². The lowest BCUT2D eigenvalue weighted by atomic mass is 9.81. The first-order valence-corrected chi connectivity index (χ1v) is 11.4. The van der Waals surface area contributed by atoms with Crippen molar-refractivity contribution in [3.63, 3.8) is 0 Å². The Labute approximate surface area is 196 Å². The van der Waals surface area contributed by atoms with Gasteiger partial charge in [0, 0.05) is 30.1 Å². The molecule has 0 spiro atoms. The number of carbonyl (C=O) groups is 1. The molecule has 2 fully saturated rings. The third-order valence-corrected chi connectivity index (χ3v) is 7.00. The fourth-order valence-electron chi connectivity index (χ4n) is 5.55. The van der Waals surface area contributed by atoms with Crippen LogP contribution in [0.25, 0.3) is 10.8 Å². The number of rotatable bonds is 5. The monoisotopic (exact) mass is 450 g/mol. The predicted octanol–water partition coefficient (Wildman–Crippen LogP) is 5.59. The van der Waals surface area contributed by atoms with Crippen LogP contribution in [0.3, 0.4) is 0 Å². The molecule has 0 aliphatic carbocycles. The fraction of sp³-hybridized carbons (Fsp3) is 0.370. The molecule has 4 nitrogen and oxygen atoms in total. The SMILES string of the molecule is COc1c(C(=O)NC2CC3CCCC(C2)N3Cc2ccccc2)ccc2ccccc12.Cl. The summed E-state index contributed by atoms with van der Waals surface area (Å²) < 4.78 is 5.66. The maximum absolute atomic E-state index is 13.2. The lowest BCUT2D eigenvalue weighted by molar-refractivity contribution is 0.0177. The number of hydrogen-bond acceptors (Lipinski definition) is 3. The molecular formula is C27H31ClN2O2. The Morgan fingerprint density at radius 3 is 2.38 bits per heavy atom. The molecule has 2 aliphatic rings. The zero-order valence-corrected chi connectivity index (χ0v) is 19.3. The molecule has 3 aromatic rings. The van der Waals surface area contributed by atoms with Crippen LogP contribution < -0.4 is 10.1 Å². The summed E-state index contributed by atoms with van der Waals surface area (Å²) in [6.07, 6.45) is 5.76. The Morgan fingerprint density at radius 1 is 0.969 bits per heavy atom. The first kappa shape index (κ1) is 22.6. The van der Waals surface area contributed by atoms with Crippen LogP contribution in [0.1, 0.15) is 48.0 Å². The second kappa shape index (κ2) is 9.93. The number of nitrogens with one attached hydrogen (secondary N) is 1. The van der Waals surface area contributed by atoms with Gasteiger partial charge in [-0.25, -0.2) is 0 Å². The van der Waals surface area contributed by atoms with E-state index in [0.29, 0.717) is 23.4 Å². The molecule has 3 aromatic carbocycles. The van der Waals surface area contributed by atoms with E-state index in [0.717, 1.165) is 30.2 Å². The van der Waals surface area contributed by atoms with E-state index in [-0.39, 0.29) is 24.4 Å². The molecule has 2 unspecified atom stereocenters. The van der Waals surface area contributed by atoms with Crippen LogP contribution in [0.4, 0.5) is 0 Å². The molecule has 0 saturated carbocycles. The average molecular weight is 451 g/mol. The number of amides is 1. The predicted molar refractivity (Wildman–Crippen MR) is 132 cm³/mol. The lowest BCUT2D eigenvalue weighted by Gasteiger charge is -2.49. The summed E-state index contributed by atoms with van der Waals surface area (Å²) in [5.41, 5.74) is 2.00. The van der Waals surface area contributed by atoms with Crippen LogP contribution in [0.5, 0.6) is 5.75 Å². The molecule has 1 amide bonds.